The van der Waals surface area contributed by atoms with Gasteiger partial charge in [-0.15, -0.1) is 0 Å². The molecule has 3 rings (SSSR count). The first kappa shape index (κ1) is 16.7. The van der Waals surface area contributed by atoms with Crippen LogP contribution in [0.3, 0.4) is 0 Å². The first-order chi connectivity index (χ1) is 12.0. The van der Waals surface area contributed by atoms with Gasteiger partial charge in [0.2, 0.25) is 0 Å². The monoisotopic (exact) mass is 343 g/mol. The van der Waals surface area contributed by atoms with Crippen molar-refractivity contribution in [3.63, 3.8) is 0 Å². The summed E-state index contributed by atoms with van der Waals surface area (Å²) in [6.07, 6.45) is 3.08. The predicted molar refractivity (Wildman–Crippen MR) is 93.5 cm³/mol. The van der Waals surface area contributed by atoms with Crippen molar-refractivity contribution in [2.24, 2.45) is 0 Å². The highest BCUT2D eigenvalue weighted by atomic mass is 16.2. The molecule has 2 unspecified atom stereocenters. The van der Waals surface area contributed by atoms with Crippen molar-refractivity contribution in [2.75, 3.05) is 23.3 Å². The first-order valence-corrected chi connectivity index (χ1v) is 8.11. The molecule has 2 heterocycles. The van der Waals surface area contributed by atoms with E-state index in [1.165, 1.54) is 6.33 Å². The molecular formula is C16H21N7O2. The van der Waals surface area contributed by atoms with Crippen LogP contribution in [0, 0.1) is 0 Å². The van der Waals surface area contributed by atoms with Gasteiger partial charge < -0.3 is 16.0 Å². The van der Waals surface area contributed by atoms with Gasteiger partial charge in [-0.2, -0.15) is 5.10 Å². The summed E-state index contributed by atoms with van der Waals surface area (Å²) < 4.78 is 1.69. The van der Waals surface area contributed by atoms with Gasteiger partial charge in [-0.1, -0.05) is 6.07 Å². The molecule has 1 aliphatic rings. The summed E-state index contributed by atoms with van der Waals surface area (Å²) in [5.41, 5.74) is 1.37. The lowest BCUT2D eigenvalue weighted by Gasteiger charge is -2.21. The van der Waals surface area contributed by atoms with Crippen molar-refractivity contribution in [1.29, 1.82) is 0 Å². The van der Waals surface area contributed by atoms with Gasteiger partial charge in [-0.25, -0.2) is 19.3 Å². The molecule has 4 amide bonds. The molecule has 1 aliphatic heterocycles. The molecule has 0 spiro atoms. The van der Waals surface area contributed by atoms with Gasteiger partial charge in [0.25, 0.3) is 0 Å². The second-order valence-electron chi connectivity index (χ2n) is 5.94. The summed E-state index contributed by atoms with van der Waals surface area (Å²) in [5, 5.41) is 12.5. The van der Waals surface area contributed by atoms with Crippen LogP contribution in [0.15, 0.2) is 36.9 Å². The van der Waals surface area contributed by atoms with Crippen molar-refractivity contribution in [2.45, 2.75) is 25.9 Å². The van der Waals surface area contributed by atoms with Crippen molar-refractivity contribution < 1.29 is 9.59 Å². The molecule has 2 aromatic rings. The number of benzene rings is 1. The Balaban J connectivity index is 1.60. The van der Waals surface area contributed by atoms with E-state index in [0.29, 0.717) is 18.8 Å². The summed E-state index contributed by atoms with van der Waals surface area (Å²) >= 11 is 0. The molecule has 3 N–H and O–H groups in total. The molecule has 1 aromatic carbocycles. The molecule has 0 aliphatic carbocycles. The van der Waals surface area contributed by atoms with Crippen molar-refractivity contribution >= 4 is 23.4 Å². The second kappa shape index (κ2) is 7.20. The molecule has 132 valence electrons. The van der Waals surface area contributed by atoms with Crippen LogP contribution < -0.4 is 20.9 Å². The van der Waals surface area contributed by atoms with E-state index in [4.69, 9.17) is 0 Å². The van der Waals surface area contributed by atoms with Gasteiger partial charge in [0.05, 0.1) is 6.04 Å². The lowest BCUT2D eigenvalue weighted by atomic mass is 10.2. The SMILES string of the molecule is CC(NC(=O)Nc1cccc(N2CCNC2=O)c1)C(C)n1cncn1. The zero-order valence-electron chi connectivity index (χ0n) is 14.1. The Hall–Kier alpha value is -3.10. The van der Waals surface area contributed by atoms with Gasteiger partial charge in [0, 0.05) is 30.5 Å². The molecular weight excluding hydrogens is 322 g/mol. The number of urea groups is 2. The second-order valence-corrected chi connectivity index (χ2v) is 5.94. The lowest BCUT2D eigenvalue weighted by molar-refractivity contribution is 0.244. The highest BCUT2D eigenvalue weighted by Gasteiger charge is 2.21. The quantitative estimate of drug-likeness (QED) is 0.766. The number of carbonyl (C=O) groups is 2. The summed E-state index contributed by atoms with van der Waals surface area (Å²) in [6, 6.07) is 6.57. The number of hydrogen-bond donors (Lipinski definition) is 3. The molecule has 2 atom stereocenters. The van der Waals surface area contributed by atoms with Gasteiger partial charge >= 0.3 is 12.1 Å². The maximum Gasteiger partial charge on any atom is 0.321 e. The Morgan fingerprint density at radius 1 is 1.36 bits per heavy atom. The van der Waals surface area contributed by atoms with Crippen molar-refractivity contribution in [3.8, 4) is 0 Å². The molecule has 1 aromatic heterocycles. The van der Waals surface area contributed by atoms with Crippen molar-refractivity contribution in [3.05, 3.63) is 36.9 Å². The Labute approximate surface area is 145 Å². The van der Waals surface area contributed by atoms with Gasteiger partial charge in [-0.05, 0) is 32.0 Å². The molecule has 1 saturated heterocycles. The standard InChI is InChI=1S/C16H21N7O2/c1-11(12(2)23-10-17-9-19-23)20-15(24)21-13-4-3-5-14(8-13)22-7-6-18-16(22)25/h3-5,8-12H,6-7H2,1-2H3,(H,18,25)(H2,20,21,24). The third-order valence-electron chi connectivity index (χ3n) is 4.21. The van der Waals surface area contributed by atoms with E-state index >= 15 is 0 Å². The number of aromatic nitrogens is 3. The molecule has 0 saturated carbocycles. The highest BCUT2D eigenvalue weighted by molar-refractivity contribution is 5.95. The lowest BCUT2D eigenvalue weighted by Crippen LogP contribution is -2.40. The normalized spacial score (nSPS) is 16.2. The minimum atomic E-state index is -0.317. The fourth-order valence-electron chi connectivity index (χ4n) is 2.62. The summed E-state index contributed by atoms with van der Waals surface area (Å²) in [6.45, 7) is 5.08. The summed E-state index contributed by atoms with van der Waals surface area (Å²) in [4.78, 5) is 29.5. The van der Waals surface area contributed by atoms with Crippen LogP contribution in [0.1, 0.15) is 19.9 Å². The van der Waals surface area contributed by atoms with Gasteiger partial charge in [0.15, 0.2) is 0 Å². The van der Waals surface area contributed by atoms with Crippen LogP contribution in [0.5, 0.6) is 0 Å². The van der Waals surface area contributed by atoms with E-state index in [9.17, 15) is 9.59 Å². The molecule has 9 heteroatoms. The zero-order valence-corrected chi connectivity index (χ0v) is 14.1. The molecule has 9 nitrogen and oxygen atoms in total. The molecule has 0 radical (unpaired) electrons. The number of nitrogens with zero attached hydrogens (tertiary/aromatic N) is 4. The van der Waals surface area contributed by atoms with Crippen LogP contribution in [-0.2, 0) is 0 Å². The number of amides is 4. The first-order valence-electron chi connectivity index (χ1n) is 8.11. The van der Waals surface area contributed by atoms with Crippen LogP contribution in [0.2, 0.25) is 0 Å². The maximum absolute atomic E-state index is 12.2. The number of nitrogens with one attached hydrogen (secondary N) is 3. The number of anilines is 2. The largest absolute Gasteiger partial charge is 0.336 e. The van der Waals surface area contributed by atoms with Gasteiger partial charge in [-0.3, -0.25) is 4.90 Å². The maximum atomic E-state index is 12.2. The van der Waals surface area contributed by atoms with Crippen LogP contribution in [0.25, 0.3) is 0 Å². The van der Waals surface area contributed by atoms with Crippen LogP contribution in [0.4, 0.5) is 21.0 Å². The van der Waals surface area contributed by atoms with Crippen LogP contribution in [-0.4, -0.2) is 46.0 Å². The highest BCUT2D eigenvalue weighted by Crippen LogP contribution is 2.21. The zero-order chi connectivity index (χ0) is 17.8. The fourth-order valence-corrected chi connectivity index (χ4v) is 2.62. The van der Waals surface area contributed by atoms with E-state index in [1.54, 1.807) is 34.1 Å². The Morgan fingerprint density at radius 3 is 2.88 bits per heavy atom. The predicted octanol–water partition coefficient (Wildman–Crippen LogP) is 1.58. The Morgan fingerprint density at radius 2 is 2.20 bits per heavy atom. The third kappa shape index (κ3) is 3.87. The minimum absolute atomic E-state index is 0.0344. The summed E-state index contributed by atoms with van der Waals surface area (Å²) in [7, 11) is 0. The van der Waals surface area contributed by atoms with Crippen molar-refractivity contribution in [1.82, 2.24) is 25.4 Å². The van der Waals surface area contributed by atoms with E-state index in [-0.39, 0.29) is 24.1 Å². The topological polar surface area (TPSA) is 104 Å². The average molecular weight is 343 g/mol. The smallest absolute Gasteiger partial charge is 0.321 e. The molecule has 25 heavy (non-hydrogen) atoms. The minimum Gasteiger partial charge on any atom is -0.336 e. The number of hydrogen-bond acceptors (Lipinski definition) is 4. The van der Waals surface area contributed by atoms with E-state index in [1.807, 2.05) is 19.9 Å². The average Bonchev–Trinajstić information content (AvgIpc) is 3.25. The van der Waals surface area contributed by atoms with Crippen LogP contribution >= 0.6 is 0 Å². The number of carbonyl (C=O) groups excluding carboxylic acids is 2. The Bertz CT molecular complexity index is 747. The number of rotatable bonds is 5. The Kier molecular flexibility index (Phi) is 4.82. The molecule has 1 fully saturated rings. The van der Waals surface area contributed by atoms with E-state index in [2.05, 4.69) is 26.0 Å². The third-order valence-corrected chi connectivity index (χ3v) is 4.21. The van der Waals surface area contributed by atoms with E-state index < -0.39 is 0 Å². The van der Waals surface area contributed by atoms with Gasteiger partial charge in [0.1, 0.15) is 12.7 Å². The molecule has 0 bridgehead atoms. The van der Waals surface area contributed by atoms with E-state index in [0.717, 1.165) is 5.69 Å². The summed E-state index contributed by atoms with van der Waals surface area (Å²) in [5.74, 6) is 0. The fraction of sp³-hybridized carbons (Fsp3) is 0.375.